The molecule has 4 aromatic rings. The number of hydrogen-bond donors (Lipinski definition) is 7. The Morgan fingerprint density at radius 2 is 1.20 bits per heavy atom. The number of amides is 4. The molecule has 0 radical (unpaired) electrons. The second kappa shape index (κ2) is 23.8. The van der Waals surface area contributed by atoms with Crippen LogP contribution in [0.5, 0.6) is 0 Å². The van der Waals surface area contributed by atoms with Crippen molar-refractivity contribution in [3.05, 3.63) is 107 Å². The Kier molecular flexibility index (Phi) is 18.0. The Balaban J connectivity index is 1.24. The van der Waals surface area contributed by atoms with Crippen molar-refractivity contribution >= 4 is 119 Å². The molecule has 1 aliphatic carbocycles. The molecule has 31 heteroatoms. The van der Waals surface area contributed by atoms with Crippen LogP contribution in [0, 0.1) is 5.41 Å². The first-order valence-electron chi connectivity index (χ1n) is 27.2. The predicted molar refractivity (Wildman–Crippen MR) is 315 cm³/mol. The number of hydrogen-bond acceptors (Lipinski definition) is 17. The zero-order valence-corrected chi connectivity index (χ0v) is 51.9. The Hall–Kier alpha value is -7.07. The van der Waals surface area contributed by atoms with Crippen molar-refractivity contribution < 1.29 is 98.2 Å². The van der Waals surface area contributed by atoms with Crippen molar-refractivity contribution in [3.8, 4) is 0 Å². The first kappa shape index (κ1) is 65.9. The van der Waals surface area contributed by atoms with Gasteiger partial charge in [-0.05, 0) is 123 Å². The van der Waals surface area contributed by atoms with Crippen LogP contribution in [0.3, 0.4) is 0 Å². The number of rotatable bonds is 21. The average molecular weight is 1300 g/mol. The molecular formula is C56H64N5O21S5+. The van der Waals surface area contributed by atoms with Gasteiger partial charge in [-0.2, -0.15) is 46.7 Å². The van der Waals surface area contributed by atoms with Crippen LogP contribution in [0.4, 0.5) is 11.4 Å². The Morgan fingerprint density at radius 3 is 1.72 bits per heavy atom. The highest BCUT2D eigenvalue weighted by Crippen LogP contribution is 2.52. The molecule has 8 rings (SSSR count). The number of unbranched alkanes of at least 4 members (excludes halogenated alkanes) is 2. The molecule has 4 aliphatic rings. The van der Waals surface area contributed by atoms with Crippen LogP contribution < -0.4 is 15.5 Å². The Labute approximate surface area is 502 Å². The molecule has 4 amide bonds. The fourth-order valence-electron chi connectivity index (χ4n) is 12.0. The van der Waals surface area contributed by atoms with Gasteiger partial charge in [0.1, 0.15) is 21.8 Å². The monoisotopic (exact) mass is 1300 g/mol. The van der Waals surface area contributed by atoms with Gasteiger partial charge < -0.3 is 20.4 Å². The second-order valence-corrected chi connectivity index (χ2v) is 29.6. The second-order valence-electron chi connectivity index (χ2n) is 22.4. The minimum atomic E-state index is -5.08. The van der Waals surface area contributed by atoms with E-state index in [0.717, 1.165) is 12.1 Å². The predicted octanol–water partition coefficient (Wildman–Crippen LogP) is 5.55. The van der Waals surface area contributed by atoms with Crippen LogP contribution in [-0.2, 0) is 90.2 Å². The van der Waals surface area contributed by atoms with E-state index in [4.69, 9.17) is 4.84 Å². The zero-order valence-electron chi connectivity index (χ0n) is 47.8. The molecule has 87 heavy (non-hydrogen) atoms. The number of hydroxylamine groups is 2. The van der Waals surface area contributed by atoms with Crippen molar-refractivity contribution in [2.24, 2.45) is 5.41 Å². The topological polar surface area (TPSA) is 400 Å². The number of fused-ring (bicyclic) bond motifs is 6. The molecule has 0 saturated carbocycles. The maximum Gasteiger partial charge on any atom is 0.333 e. The van der Waals surface area contributed by atoms with Gasteiger partial charge in [0.25, 0.3) is 62.4 Å². The summed E-state index contributed by atoms with van der Waals surface area (Å²) in [4.78, 5) is 70.0. The van der Waals surface area contributed by atoms with Gasteiger partial charge in [-0.25, -0.2) is 4.79 Å². The van der Waals surface area contributed by atoms with Crippen molar-refractivity contribution in [1.29, 1.82) is 0 Å². The van der Waals surface area contributed by atoms with Crippen LogP contribution in [0.1, 0.15) is 104 Å². The van der Waals surface area contributed by atoms with Gasteiger partial charge in [0.2, 0.25) is 17.5 Å². The van der Waals surface area contributed by atoms with Crippen LogP contribution >= 0.6 is 0 Å². The summed E-state index contributed by atoms with van der Waals surface area (Å²) in [5, 5.41) is 5.75. The third-order valence-corrected chi connectivity index (χ3v) is 20.1. The van der Waals surface area contributed by atoms with Crippen molar-refractivity contribution in [2.75, 3.05) is 36.8 Å². The summed E-state index contributed by atoms with van der Waals surface area (Å²) in [7, 11) is -24.9. The zero-order chi connectivity index (χ0) is 64.4. The van der Waals surface area contributed by atoms with Crippen LogP contribution in [0.25, 0.3) is 21.5 Å². The maximum atomic E-state index is 15.0. The standard InChI is InChI=1S/C56H63N5O21S5/c1-7-59-41-17-15-37-39(27-35(84(70,71)72)29-43(37)86(76,77)78)50(41)54(3,4)45(59)19-13-33-26-34(14-20-46-55(5,6)51-40-28-36(85(73,74)75)30-44(87(79,80)81)38(40)16-18-42(51)60(46)8-2)32-56(31-33,53(66)58-24-25-83(67,68)69)52(65)57-23-11-9-10-12-49(64)82-61-47(62)21-22-48(61)63/h13-20,26-30H,7-12,21-25,31-32H2,1-6H3,(H6-,57,58,65,66,67,68,69,70,71,72,73,74,75,76,77,78,79,80,81)/p+1. The Bertz CT molecular complexity index is 4400. The fraction of sp³-hybridized carbons (Fsp3) is 0.393. The lowest BCUT2D eigenvalue weighted by atomic mass is 9.70. The molecule has 1 atom stereocenters. The molecule has 0 spiro atoms. The van der Waals surface area contributed by atoms with Gasteiger partial charge in [-0.15, -0.1) is 5.06 Å². The van der Waals surface area contributed by atoms with Gasteiger partial charge >= 0.3 is 5.97 Å². The average Bonchev–Trinajstić information content (AvgIpc) is 1.63. The van der Waals surface area contributed by atoms with E-state index < -0.39 is 128 Å². The molecular weight excluding hydrogens is 1240 g/mol. The summed E-state index contributed by atoms with van der Waals surface area (Å²) in [6.45, 7) is 10.5. The lowest BCUT2D eigenvalue weighted by Gasteiger charge is -2.35. The molecule has 1 saturated heterocycles. The minimum absolute atomic E-state index is 0.0582. The summed E-state index contributed by atoms with van der Waals surface area (Å²) in [5.41, 5.74) is -0.908. The lowest BCUT2D eigenvalue weighted by molar-refractivity contribution is -0.433. The third kappa shape index (κ3) is 13.2. The highest BCUT2D eigenvalue weighted by molar-refractivity contribution is 7.87. The van der Waals surface area contributed by atoms with Gasteiger partial charge in [0.15, 0.2) is 5.71 Å². The summed E-state index contributed by atoms with van der Waals surface area (Å²) >= 11 is 0. The number of benzene rings is 4. The number of carbonyl (C=O) groups is 5. The van der Waals surface area contributed by atoms with Gasteiger partial charge in [0, 0.05) is 84.2 Å². The molecule has 468 valence electrons. The molecule has 0 aromatic heterocycles. The summed E-state index contributed by atoms with van der Waals surface area (Å²) in [5.74, 6) is -4.85. The minimum Gasteiger partial charge on any atom is -0.355 e. The molecule has 3 heterocycles. The van der Waals surface area contributed by atoms with Crippen LogP contribution in [-0.4, -0.2) is 142 Å². The van der Waals surface area contributed by atoms with E-state index >= 15 is 4.79 Å². The molecule has 3 aliphatic heterocycles. The van der Waals surface area contributed by atoms with E-state index in [9.17, 15) is 84.0 Å². The molecule has 7 N–H and O–H groups in total. The number of likely N-dealkylation sites (N-methyl/N-ethyl adjacent to an activating group) is 1. The molecule has 1 fully saturated rings. The summed E-state index contributed by atoms with van der Waals surface area (Å²) < 4.78 is 177. The lowest BCUT2D eigenvalue weighted by Crippen LogP contribution is -2.53. The van der Waals surface area contributed by atoms with E-state index in [-0.39, 0.29) is 86.1 Å². The highest BCUT2D eigenvalue weighted by Gasteiger charge is 2.50. The fourth-order valence-corrected chi connectivity index (χ4v) is 15.0. The molecule has 4 aromatic carbocycles. The number of nitrogens with one attached hydrogen (secondary N) is 2. The first-order chi connectivity index (χ1) is 40.3. The summed E-state index contributed by atoms with van der Waals surface area (Å²) in [6, 6.07) is 9.42. The molecule has 0 bridgehead atoms. The largest absolute Gasteiger partial charge is 0.355 e. The number of allylic oxidation sites excluding steroid dienone is 8. The number of carbonyl (C=O) groups excluding carboxylic acids is 5. The van der Waals surface area contributed by atoms with Gasteiger partial charge in [0.05, 0.1) is 21.0 Å². The van der Waals surface area contributed by atoms with E-state index in [1.165, 1.54) is 12.1 Å². The maximum absolute atomic E-state index is 15.0. The number of anilines is 1. The van der Waals surface area contributed by atoms with Crippen molar-refractivity contribution in [1.82, 2.24) is 15.7 Å². The van der Waals surface area contributed by atoms with Gasteiger partial charge in [-0.1, -0.05) is 44.6 Å². The van der Waals surface area contributed by atoms with E-state index in [2.05, 4.69) is 10.6 Å². The highest BCUT2D eigenvalue weighted by atomic mass is 32.2. The number of imide groups is 1. The third-order valence-electron chi connectivity index (χ3n) is 15.9. The first-order valence-corrected chi connectivity index (χ1v) is 34.6. The van der Waals surface area contributed by atoms with E-state index in [0.29, 0.717) is 68.7 Å². The van der Waals surface area contributed by atoms with Crippen LogP contribution in [0.2, 0.25) is 0 Å². The van der Waals surface area contributed by atoms with Crippen molar-refractivity contribution in [3.63, 3.8) is 0 Å². The van der Waals surface area contributed by atoms with Crippen LogP contribution in [0.15, 0.2) is 115 Å². The smallest absolute Gasteiger partial charge is 0.333 e. The van der Waals surface area contributed by atoms with Gasteiger partial charge in [-0.3, -0.25) is 41.9 Å². The summed E-state index contributed by atoms with van der Waals surface area (Å²) in [6.07, 6.45) is 7.95. The molecule has 1 unspecified atom stereocenters. The van der Waals surface area contributed by atoms with E-state index in [1.54, 1.807) is 84.1 Å². The SMILES string of the molecule is CCN1/C(=C/C=C2C=C(/C=C/C3=[N+](CC)c4ccc5c(S(=O)(=O)O)cc(S(=O)(=O)O)cc5c4C3(C)C)CC(C(=O)NCCCCCC(=O)ON3C(=O)CCC3=O)(C(=O)NCCS(=O)(=O)O)C/2)C(C)(C)c2c1ccc1c(S(=O)(=O)O)cc(S(=O)(=O)O)cc21. The normalized spacial score (nSPS) is 19.8. The Morgan fingerprint density at radius 1 is 0.644 bits per heavy atom. The number of nitrogens with zero attached hydrogens (tertiary/aromatic N) is 3. The van der Waals surface area contributed by atoms with E-state index in [1.807, 2.05) is 9.48 Å². The molecule has 26 nitrogen and oxygen atoms in total. The van der Waals surface area contributed by atoms with Crippen molar-refractivity contribution in [2.45, 2.75) is 123 Å². The quantitative estimate of drug-likeness (QED) is 0.0177.